The van der Waals surface area contributed by atoms with Crippen molar-refractivity contribution in [2.45, 2.75) is 31.7 Å². The molecule has 0 saturated heterocycles. The molecule has 1 aliphatic carbocycles. The van der Waals surface area contributed by atoms with Gasteiger partial charge in [0, 0.05) is 6.04 Å². The Hall–Kier alpha value is -1.88. The van der Waals surface area contributed by atoms with Gasteiger partial charge in [-0.1, -0.05) is 25.0 Å². The number of anilines is 1. The van der Waals surface area contributed by atoms with E-state index in [9.17, 15) is 9.59 Å². The van der Waals surface area contributed by atoms with Crippen molar-refractivity contribution in [3.05, 3.63) is 29.8 Å². The molecule has 0 atom stereocenters. The van der Waals surface area contributed by atoms with E-state index >= 15 is 0 Å². The molecule has 5 heteroatoms. The third kappa shape index (κ3) is 3.81. The molecule has 0 spiro atoms. The van der Waals surface area contributed by atoms with Gasteiger partial charge < -0.3 is 15.4 Å². The fraction of sp³-hybridized carbons (Fsp3) is 0.467. The van der Waals surface area contributed by atoms with E-state index in [1.807, 2.05) is 0 Å². The zero-order valence-corrected chi connectivity index (χ0v) is 11.6. The van der Waals surface area contributed by atoms with Crippen molar-refractivity contribution in [2.75, 3.05) is 19.0 Å². The second kappa shape index (κ2) is 7.05. The van der Waals surface area contributed by atoms with Crippen molar-refractivity contribution < 1.29 is 14.3 Å². The summed E-state index contributed by atoms with van der Waals surface area (Å²) in [7, 11) is 1.32. The molecule has 0 heterocycles. The molecule has 2 N–H and O–H groups in total. The van der Waals surface area contributed by atoms with E-state index in [1.54, 1.807) is 24.3 Å². The number of para-hydroxylation sites is 1. The molecule has 0 unspecified atom stereocenters. The predicted octanol–water partition coefficient (Wildman–Crippen LogP) is 1.94. The molecule has 5 nitrogen and oxygen atoms in total. The lowest BCUT2D eigenvalue weighted by Crippen LogP contribution is -2.34. The molecule has 108 valence electrons. The normalized spacial score (nSPS) is 15.1. The van der Waals surface area contributed by atoms with Crippen LogP contribution >= 0.6 is 0 Å². The fourth-order valence-electron chi connectivity index (χ4n) is 2.44. The summed E-state index contributed by atoms with van der Waals surface area (Å²) in [6, 6.07) is 7.27. The third-order valence-electron chi connectivity index (χ3n) is 3.51. The van der Waals surface area contributed by atoms with E-state index in [2.05, 4.69) is 10.6 Å². The van der Waals surface area contributed by atoms with Crippen LogP contribution in [-0.4, -0.2) is 31.6 Å². The Morgan fingerprint density at radius 3 is 2.65 bits per heavy atom. The molecule has 1 fully saturated rings. The molecule has 1 aliphatic rings. The van der Waals surface area contributed by atoms with Gasteiger partial charge in [-0.15, -0.1) is 0 Å². The van der Waals surface area contributed by atoms with Crippen molar-refractivity contribution in [2.24, 2.45) is 0 Å². The highest BCUT2D eigenvalue weighted by molar-refractivity contribution is 6.01. The van der Waals surface area contributed by atoms with Crippen LogP contribution in [0.15, 0.2) is 24.3 Å². The van der Waals surface area contributed by atoms with Gasteiger partial charge in [0.2, 0.25) is 5.91 Å². The topological polar surface area (TPSA) is 67.4 Å². The van der Waals surface area contributed by atoms with Crippen LogP contribution in [0.5, 0.6) is 0 Å². The number of carbonyl (C=O) groups excluding carboxylic acids is 2. The lowest BCUT2D eigenvalue weighted by atomic mass is 10.2. The molecule has 0 bridgehead atoms. The Balaban J connectivity index is 1.91. The van der Waals surface area contributed by atoms with Crippen molar-refractivity contribution in [3.8, 4) is 0 Å². The van der Waals surface area contributed by atoms with Gasteiger partial charge in [0.05, 0.1) is 24.9 Å². The van der Waals surface area contributed by atoms with Gasteiger partial charge in [0.1, 0.15) is 0 Å². The molecule has 20 heavy (non-hydrogen) atoms. The summed E-state index contributed by atoms with van der Waals surface area (Å²) >= 11 is 0. The number of rotatable bonds is 5. The molecule has 1 aromatic rings. The Morgan fingerprint density at radius 2 is 1.95 bits per heavy atom. The number of esters is 1. The summed E-state index contributed by atoms with van der Waals surface area (Å²) in [4.78, 5) is 23.5. The first kappa shape index (κ1) is 14.5. The Morgan fingerprint density at radius 1 is 1.25 bits per heavy atom. The van der Waals surface area contributed by atoms with Crippen molar-refractivity contribution in [3.63, 3.8) is 0 Å². The van der Waals surface area contributed by atoms with E-state index < -0.39 is 5.97 Å². The smallest absolute Gasteiger partial charge is 0.339 e. The zero-order valence-electron chi connectivity index (χ0n) is 11.6. The zero-order chi connectivity index (χ0) is 14.4. The Kier molecular flexibility index (Phi) is 5.12. The SMILES string of the molecule is COC(=O)c1ccccc1NC(=O)CNC1CCCC1. The second-order valence-corrected chi connectivity index (χ2v) is 4.95. The number of hydrogen-bond acceptors (Lipinski definition) is 4. The number of amides is 1. The van der Waals surface area contributed by atoms with Gasteiger partial charge in [0.15, 0.2) is 0 Å². The predicted molar refractivity (Wildman–Crippen MR) is 76.7 cm³/mol. The minimum atomic E-state index is -0.454. The number of nitrogens with one attached hydrogen (secondary N) is 2. The van der Waals surface area contributed by atoms with Crippen molar-refractivity contribution >= 4 is 17.6 Å². The fourth-order valence-corrected chi connectivity index (χ4v) is 2.44. The Labute approximate surface area is 118 Å². The van der Waals surface area contributed by atoms with E-state index in [0.29, 0.717) is 17.3 Å². The average Bonchev–Trinajstić information content (AvgIpc) is 2.98. The molecule has 0 radical (unpaired) electrons. The van der Waals surface area contributed by atoms with Gasteiger partial charge in [0.25, 0.3) is 0 Å². The lowest BCUT2D eigenvalue weighted by molar-refractivity contribution is -0.115. The van der Waals surface area contributed by atoms with Crippen molar-refractivity contribution in [1.82, 2.24) is 5.32 Å². The van der Waals surface area contributed by atoms with Crippen molar-refractivity contribution in [1.29, 1.82) is 0 Å². The molecule has 2 rings (SSSR count). The molecule has 1 amide bonds. The first-order valence-electron chi connectivity index (χ1n) is 6.91. The van der Waals surface area contributed by atoms with Crippen LogP contribution in [-0.2, 0) is 9.53 Å². The van der Waals surface area contributed by atoms with E-state index in [1.165, 1.54) is 20.0 Å². The van der Waals surface area contributed by atoms with Crippen LogP contribution in [0.2, 0.25) is 0 Å². The Bertz CT molecular complexity index is 482. The van der Waals surface area contributed by atoms with Crippen LogP contribution in [0.3, 0.4) is 0 Å². The summed E-state index contributed by atoms with van der Waals surface area (Å²) in [6.45, 7) is 0.264. The summed E-state index contributed by atoms with van der Waals surface area (Å²) in [5.74, 6) is -0.599. The first-order chi connectivity index (χ1) is 9.70. The summed E-state index contributed by atoms with van der Waals surface area (Å²) in [5, 5.41) is 5.98. The second-order valence-electron chi connectivity index (χ2n) is 4.95. The van der Waals surface area contributed by atoms with Crippen LogP contribution in [0, 0.1) is 0 Å². The molecular formula is C15H20N2O3. The third-order valence-corrected chi connectivity index (χ3v) is 3.51. The van der Waals surface area contributed by atoms with E-state index in [4.69, 9.17) is 4.74 Å². The molecule has 1 saturated carbocycles. The maximum atomic E-state index is 11.9. The maximum Gasteiger partial charge on any atom is 0.339 e. The summed E-state index contributed by atoms with van der Waals surface area (Å²) in [5.41, 5.74) is 0.849. The van der Waals surface area contributed by atoms with Gasteiger partial charge in [-0.3, -0.25) is 4.79 Å². The van der Waals surface area contributed by atoms with E-state index in [-0.39, 0.29) is 12.5 Å². The van der Waals surface area contributed by atoms with Gasteiger partial charge in [-0.05, 0) is 25.0 Å². The largest absolute Gasteiger partial charge is 0.465 e. The highest BCUT2D eigenvalue weighted by atomic mass is 16.5. The van der Waals surface area contributed by atoms with Crippen LogP contribution in [0.4, 0.5) is 5.69 Å². The maximum absolute atomic E-state index is 11.9. The summed E-state index contributed by atoms with van der Waals surface area (Å²) in [6.07, 6.45) is 4.72. The molecule has 0 aliphatic heterocycles. The highest BCUT2D eigenvalue weighted by Crippen LogP contribution is 2.18. The molecule has 0 aromatic heterocycles. The number of methoxy groups -OCH3 is 1. The standard InChI is InChI=1S/C15H20N2O3/c1-20-15(19)12-8-4-5-9-13(12)17-14(18)10-16-11-6-2-3-7-11/h4-5,8-9,11,16H,2-3,6-7,10H2,1H3,(H,17,18). The highest BCUT2D eigenvalue weighted by Gasteiger charge is 2.16. The minimum Gasteiger partial charge on any atom is -0.465 e. The quantitative estimate of drug-likeness (QED) is 0.807. The number of hydrogen-bond donors (Lipinski definition) is 2. The van der Waals surface area contributed by atoms with Crippen LogP contribution in [0.25, 0.3) is 0 Å². The number of carbonyl (C=O) groups is 2. The van der Waals surface area contributed by atoms with Crippen LogP contribution < -0.4 is 10.6 Å². The van der Waals surface area contributed by atoms with E-state index in [0.717, 1.165) is 12.8 Å². The number of benzene rings is 1. The average molecular weight is 276 g/mol. The molecular weight excluding hydrogens is 256 g/mol. The molecule has 1 aromatic carbocycles. The lowest BCUT2D eigenvalue weighted by Gasteiger charge is -2.13. The van der Waals surface area contributed by atoms with Gasteiger partial charge in [-0.2, -0.15) is 0 Å². The first-order valence-corrected chi connectivity index (χ1v) is 6.91. The monoisotopic (exact) mass is 276 g/mol. The minimum absolute atomic E-state index is 0.145. The van der Waals surface area contributed by atoms with Crippen LogP contribution in [0.1, 0.15) is 36.0 Å². The number of ether oxygens (including phenoxy) is 1. The van der Waals surface area contributed by atoms with Gasteiger partial charge >= 0.3 is 5.97 Å². The summed E-state index contributed by atoms with van der Waals surface area (Å²) < 4.78 is 4.69. The van der Waals surface area contributed by atoms with Gasteiger partial charge in [-0.25, -0.2) is 4.79 Å².